The molecule has 0 spiro atoms. The zero-order chi connectivity index (χ0) is 19.9. The summed E-state index contributed by atoms with van der Waals surface area (Å²) in [4.78, 5) is 35.0. The van der Waals surface area contributed by atoms with E-state index < -0.39 is 23.2 Å². The Morgan fingerprint density at radius 2 is 1.96 bits per heavy atom. The number of ether oxygens (including phenoxy) is 1. The van der Waals surface area contributed by atoms with Gasteiger partial charge in [0.25, 0.3) is 5.91 Å². The Balaban J connectivity index is 2.88. The van der Waals surface area contributed by atoms with Gasteiger partial charge < -0.3 is 20.5 Å². The third-order valence-corrected chi connectivity index (χ3v) is 3.52. The highest BCUT2D eigenvalue weighted by molar-refractivity contribution is 5.96. The van der Waals surface area contributed by atoms with E-state index in [4.69, 9.17) is 9.84 Å². The molecule has 0 saturated carbocycles. The highest BCUT2D eigenvalue weighted by Gasteiger charge is 2.30. The van der Waals surface area contributed by atoms with Gasteiger partial charge in [-0.25, -0.2) is 4.39 Å². The summed E-state index contributed by atoms with van der Waals surface area (Å²) in [6.45, 7) is 5.26. The van der Waals surface area contributed by atoms with E-state index in [9.17, 15) is 18.8 Å². The normalized spacial score (nSPS) is 13.2. The van der Waals surface area contributed by atoms with Crippen molar-refractivity contribution in [3.63, 3.8) is 0 Å². The molecule has 0 aliphatic rings. The number of carbonyl (C=O) groups excluding carboxylic acids is 2. The standard InChI is InChI=1S/C18H25FN2O5/c1-11(2)7-15(22)20-14-6-5-12(8-13(14)19)17(25)21-18(3,10-26-4)9-16(23)24/h5-6,8,11H,7,9-10H2,1-4H3,(H,20,22)(H,21,25)(H,23,24). The van der Waals surface area contributed by atoms with Crippen molar-refractivity contribution in [3.05, 3.63) is 29.6 Å². The Morgan fingerprint density at radius 3 is 2.46 bits per heavy atom. The van der Waals surface area contributed by atoms with Gasteiger partial charge in [-0.3, -0.25) is 14.4 Å². The van der Waals surface area contributed by atoms with Gasteiger partial charge in [0.1, 0.15) is 5.82 Å². The number of carboxylic acid groups (broad SMARTS) is 1. The van der Waals surface area contributed by atoms with Crippen molar-refractivity contribution in [1.29, 1.82) is 0 Å². The first-order valence-corrected chi connectivity index (χ1v) is 8.19. The van der Waals surface area contributed by atoms with Crippen LogP contribution in [-0.4, -0.2) is 42.1 Å². The molecule has 7 nitrogen and oxygen atoms in total. The summed E-state index contributed by atoms with van der Waals surface area (Å²) < 4.78 is 19.1. The zero-order valence-electron chi connectivity index (χ0n) is 15.4. The van der Waals surface area contributed by atoms with Crippen molar-refractivity contribution in [1.82, 2.24) is 5.32 Å². The lowest BCUT2D eigenvalue weighted by molar-refractivity contribution is -0.139. The number of methoxy groups -OCH3 is 1. The minimum Gasteiger partial charge on any atom is -0.481 e. The molecule has 1 rings (SSSR count). The number of nitrogens with one attached hydrogen (secondary N) is 2. The fraction of sp³-hybridized carbons (Fsp3) is 0.500. The van der Waals surface area contributed by atoms with E-state index >= 15 is 0 Å². The maximum Gasteiger partial charge on any atom is 0.305 e. The van der Waals surface area contributed by atoms with Crippen LogP contribution in [-0.2, 0) is 14.3 Å². The summed E-state index contributed by atoms with van der Waals surface area (Å²) in [6, 6.07) is 3.65. The summed E-state index contributed by atoms with van der Waals surface area (Å²) in [6.07, 6.45) is -0.0926. The molecule has 26 heavy (non-hydrogen) atoms. The van der Waals surface area contributed by atoms with Gasteiger partial charge in [-0.1, -0.05) is 13.8 Å². The Morgan fingerprint density at radius 1 is 1.31 bits per heavy atom. The average molecular weight is 368 g/mol. The smallest absolute Gasteiger partial charge is 0.305 e. The first kappa shape index (κ1) is 21.6. The second-order valence-electron chi connectivity index (χ2n) is 6.86. The summed E-state index contributed by atoms with van der Waals surface area (Å²) in [7, 11) is 1.39. The van der Waals surface area contributed by atoms with Gasteiger partial charge >= 0.3 is 5.97 Å². The third-order valence-electron chi connectivity index (χ3n) is 3.52. The number of hydrogen-bond donors (Lipinski definition) is 3. The molecule has 0 radical (unpaired) electrons. The quantitative estimate of drug-likeness (QED) is 0.621. The SMILES string of the molecule is COCC(C)(CC(=O)O)NC(=O)c1ccc(NC(=O)CC(C)C)c(F)c1. The van der Waals surface area contributed by atoms with E-state index in [0.29, 0.717) is 0 Å². The number of halogens is 1. The Hall–Kier alpha value is -2.48. The lowest BCUT2D eigenvalue weighted by atomic mass is 9.98. The van der Waals surface area contributed by atoms with Gasteiger partial charge in [0.2, 0.25) is 5.91 Å². The molecule has 3 N–H and O–H groups in total. The molecule has 2 amide bonds. The molecule has 0 bridgehead atoms. The van der Waals surface area contributed by atoms with Gasteiger partial charge in [-0.15, -0.1) is 0 Å². The maximum absolute atomic E-state index is 14.2. The van der Waals surface area contributed by atoms with Crippen molar-refractivity contribution in [3.8, 4) is 0 Å². The van der Waals surface area contributed by atoms with Crippen LogP contribution >= 0.6 is 0 Å². The molecular weight excluding hydrogens is 343 g/mol. The fourth-order valence-corrected chi connectivity index (χ4v) is 2.46. The van der Waals surface area contributed by atoms with Crippen LogP contribution in [0.25, 0.3) is 0 Å². The number of rotatable bonds is 9. The van der Waals surface area contributed by atoms with Crippen molar-refractivity contribution in [2.75, 3.05) is 19.0 Å². The van der Waals surface area contributed by atoms with E-state index in [0.717, 1.165) is 6.07 Å². The molecule has 0 fully saturated rings. The van der Waals surface area contributed by atoms with E-state index in [2.05, 4.69) is 10.6 Å². The van der Waals surface area contributed by atoms with Gasteiger partial charge in [0.15, 0.2) is 0 Å². The second-order valence-corrected chi connectivity index (χ2v) is 6.86. The van der Waals surface area contributed by atoms with Crippen LogP contribution in [0.4, 0.5) is 10.1 Å². The Kier molecular flexibility index (Phi) is 7.70. The van der Waals surface area contributed by atoms with Crippen LogP contribution in [0.15, 0.2) is 18.2 Å². The van der Waals surface area contributed by atoms with Crippen molar-refractivity contribution >= 4 is 23.5 Å². The van der Waals surface area contributed by atoms with Crippen LogP contribution in [0.1, 0.15) is 44.0 Å². The lowest BCUT2D eigenvalue weighted by Gasteiger charge is -2.28. The molecule has 0 saturated heterocycles. The topological polar surface area (TPSA) is 105 Å². The first-order valence-electron chi connectivity index (χ1n) is 8.19. The minimum absolute atomic E-state index is 0.0112. The molecule has 1 unspecified atom stereocenters. The maximum atomic E-state index is 14.2. The highest BCUT2D eigenvalue weighted by atomic mass is 19.1. The number of anilines is 1. The van der Waals surface area contributed by atoms with Crippen LogP contribution in [0.3, 0.4) is 0 Å². The summed E-state index contributed by atoms with van der Waals surface area (Å²) in [5, 5.41) is 14.0. The van der Waals surface area contributed by atoms with Crippen LogP contribution in [0.2, 0.25) is 0 Å². The molecule has 8 heteroatoms. The summed E-state index contributed by atoms with van der Waals surface area (Å²) >= 11 is 0. The van der Waals surface area contributed by atoms with Crippen LogP contribution in [0, 0.1) is 11.7 Å². The van der Waals surface area contributed by atoms with Gasteiger partial charge in [-0.2, -0.15) is 0 Å². The van der Waals surface area contributed by atoms with E-state index in [1.807, 2.05) is 13.8 Å². The second kappa shape index (κ2) is 9.28. The van der Waals surface area contributed by atoms with Gasteiger partial charge in [0.05, 0.1) is 24.3 Å². The van der Waals surface area contributed by atoms with E-state index in [1.54, 1.807) is 0 Å². The molecule has 1 atom stereocenters. The summed E-state index contributed by atoms with van der Waals surface area (Å²) in [5.74, 6) is -2.66. The van der Waals surface area contributed by atoms with E-state index in [-0.39, 0.29) is 42.5 Å². The number of aliphatic carboxylic acids is 1. The van der Waals surface area contributed by atoms with Crippen molar-refractivity contribution in [2.24, 2.45) is 5.92 Å². The molecule has 144 valence electrons. The number of benzene rings is 1. The molecule has 0 aliphatic heterocycles. The number of amides is 2. The average Bonchev–Trinajstić information content (AvgIpc) is 2.47. The molecule has 1 aromatic rings. The van der Waals surface area contributed by atoms with Crippen LogP contribution in [0.5, 0.6) is 0 Å². The number of hydrogen-bond acceptors (Lipinski definition) is 4. The predicted molar refractivity (Wildman–Crippen MR) is 94.5 cm³/mol. The largest absolute Gasteiger partial charge is 0.481 e. The fourth-order valence-electron chi connectivity index (χ4n) is 2.46. The Labute approximate surface area is 151 Å². The first-order chi connectivity index (χ1) is 12.1. The van der Waals surface area contributed by atoms with Crippen molar-refractivity contribution < 1.29 is 28.6 Å². The Bertz CT molecular complexity index is 678. The predicted octanol–water partition coefficient (Wildman–Crippen LogP) is 2.42. The third kappa shape index (κ3) is 6.79. The van der Waals surface area contributed by atoms with Gasteiger partial charge in [-0.05, 0) is 31.0 Å². The lowest BCUT2D eigenvalue weighted by Crippen LogP contribution is -2.50. The van der Waals surface area contributed by atoms with Crippen LogP contribution < -0.4 is 10.6 Å². The minimum atomic E-state index is -1.14. The van der Waals surface area contributed by atoms with E-state index in [1.165, 1.54) is 26.2 Å². The molecular formula is C18H25FN2O5. The monoisotopic (exact) mass is 368 g/mol. The molecule has 1 aromatic carbocycles. The van der Waals surface area contributed by atoms with Crippen molar-refractivity contribution in [2.45, 2.75) is 39.2 Å². The molecule has 0 aliphatic carbocycles. The number of carboxylic acids is 1. The molecule has 0 heterocycles. The molecule has 0 aromatic heterocycles. The summed E-state index contributed by atoms with van der Waals surface area (Å²) in [5.41, 5.74) is -1.15. The highest BCUT2D eigenvalue weighted by Crippen LogP contribution is 2.18. The zero-order valence-corrected chi connectivity index (χ0v) is 15.4. The number of carbonyl (C=O) groups is 3. The van der Waals surface area contributed by atoms with Gasteiger partial charge in [0, 0.05) is 19.1 Å².